The standard InChI is InChI=1S/C11H18N4O2S/c1-8(16)14-10(7-18)11(17)12-5-3-9-4-6-13-15(9)2/h4,6,10,18H,3,5,7H2,1-2H3,(H,12,17)(H,14,16). The summed E-state index contributed by atoms with van der Waals surface area (Å²) in [6.45, 7) is 1.88. The van der Waals surface area contributed by atoms with Crippen molar-refractivity contribution in [3.63, 3.8) is 0 Å². The maximum absolute atomic E-state index is 11.7. The van der Waals surface area contributed by atoms with Crippen molar-refractivity contribution >= 4 is 24.4 Å². The predicted molar refractivity (Wildman–Crippen MR) is 71.4 cm³/mol. The first-order valence-electron chi connectivity index (χ1n) is 5.67. The Bertz CT molecular complexity index is 419. The SMILES string of the molecule is CC(=O)NC(CS)C(=O)NCCc1ccnn1C. The van der Waals surface area contributed by atoms with Gasteiger partial charge in [-0.3, -0.25) is 14.3 Å². The molecule has 7 heteroatoms. The summed E-state index contributed by atoms with van der Waals surface area (Å²) in [7, 11) is 1.85. The van der Waals surface area contributed by atoms with Gasteiger partial charge in [-0.25, -0.2) is 0 Å². The number of carbonyl (C=O) groups excluding carboxylic acids is 2. The third kappa shape index (κ3) is 4.40. The van der Waals surface area contributed by atoms with Crippen LogP contribution in [0.2, 0.25) is 0 Å². The summed E-state index contributed by atoms with van der Waals surface area (Å²) in [5, 5.41) is 9.34. The van der Waals surface area contributed by atoms with Gasteiger partial charge in [0.05, 0.1) is 0 Å². The van der Waals surface area contributed by atoms with E-state index in [2.05, 4.69) is 28.4 Å². The van der Waals surface area contributed by atoms with Gasteiger partial charge in [-0.05, 0) is 6.07 Å². The zero-order valence-electron chi connectivity index (χ0n) is 10.5. The Morgan fingerprint density at radius 1 is 1.56 bits per heavy atom. The van der Waals surface area contributed by atoms with E-state index in [1.54, 1.807) is 10.9 Å². The third-order valence-electron chi connectivity index (χ3n) is 2.48. The van der Waals surface area contributed by atoms with E-state index in [9.17, 15) is 9.59 Å². The molecule has 0 spiro atoms. The van der Waals surface area contributed by atoms with Crippen LogP contribution in [0.15, 0.2) is 12.3 Å². The number of thiol groups is 1. The Balaban J connectivity index is 2.36. The Kier molecular flexibility index (Phi) is 5.70. The molecule has 0 aliphatic heterocycles. The molecule has 6 nitrogen and oxygen atoms in total. The lowest BCUT2D eigenvalue weighted by Gasteiger charge is -2.15. The van der Waals surface area contributed by atoms with Crippen LogP contribution in [0, 0.1) is 0 Å². The second-order valence-corrected chi connectivity index (χ2v) is 4.29. The first-order valence-corrected chi connectivity index (χ1v) is 6.30. The number of aryl methyl sites for hydroxylation is 1. The van der Waals surface area contributed by atoms with Gasteiger partial charge in [0, 0.05) is 44.6 Å². The molecule has 1 aromatic rings. The van der Waals surface area contributed by atoms with Crippen LogP contribution in [0.4, 0.5) is 0 Å². The monoisotopic (exact) mass is 270 g/mol. The highest BCUT2D eigenvalue weighted by molar-refractivity contribution is 7.80. The van der Waals surface area contributed by atoms with Crippen LogP contribution in [0.3, 0.4) is 0 Å². The van der Waals surface area contributed by atoms with Crippen molar-refractivity contribution in [1.82, 2.24) is 20.4 Å². The van der Waals surface area contributed by atoms with Crippen LogP contribution in [0.1, 0.15) is 12.6 Å². The lowest BCUT2D eigenvalue weighted by Crippen LogP contribution is -2.47. The van der Waals surface area contributed by atoms with Crippen LogP contribution in [0.25, 0.3) is 0 Å². The molecule has 0 saturated heterocycles. The maximum atomic E-state index is 11.7. The fourth-order valence-corrected chi connectivity index (χ4v) is 1.78. The predicted octanol–water partition coefficient (Wildman–Crippen LogP) is -0.487. The Morgan fingerprint density at radius 2 is 2.28 bits per heavy atom. The lowest BCUT2D eigenvalue weighted by molar-refractivity contribution is -0.127. The van der Waals surface area contributed by atoms with Gasteiger partial charge in [0.15, 0.2) is 0 Å². The summed E-state index contributed by atoms with van der Waals surface area (Å²) in [6.07, 6.45) is 2.41. The molecule has 0 bridgehead atoms. The molecule has 1 aromatic heterocycles. The van der Waals surface area contributed by atoms with E-state index in [0.29, 0.717) is 13.0 Å². The van der Waals surface area contributed by atoms with E-state index in [0.717, 1.165) is 5.69 Å². The molecule has 0 aromatic carbocycles. The number of hydrogen-bond acceptors (Lipinski definition) is 4. The van der Waals surface area contributed by atoms with Gasteiger partial charge < -0.3 is 10.6 Å². The molecule has 0 aliphatic rings. The van der Waals surface area contributed by atoms with Gasteiger partial charge in [-0.15, -0.1) is 0 Å². The fraction of sp³-hybridized carbons (Fsp3) is 0.545. The average Bonchev–Trinajstić information content (AvgIpc) is 2.71. The molecule has 1 atom stereocenters. The minimum absolute atomic E-state index is 0.220. The van der Waals surface area contributed by atoms with Crippen LogP contribution in [-0.2, 0) is 23.1 Å². The van der Waals surface area contributed by atoms with E-state index in [1.807, 2.05) is 13.1 Å². The largest absolute Gasteiger partial charge is 0.354 e. The minimum atomic E-state index is -0.586. The Morgan fingerprint density at radius 3 is 2.78 bits per heavy atom. The molecule has 1 heterocycles. The van der Waals surface area contributed by atoms with Crippen molar-refractivity contribution in [2.45, 2.75) is 19.4 Å². The fourth-order valence-electron chi connectivity index (χ4n) is 1.52. The first kappa shape index (κ1) is 14.6. The maximum Gasteiger partial charge on any atom is 0.243 e. The molecule has 0 aliphatic carbocycles. The molecule has 1 rings (SSSR count). The van der Waals surface area contributed by atoms with E-state index in [-0.39, 0.29) is 17.6 Å². The van der Waals surface area contributed by atoms with Crippen LogP contribution < -0.4 is 10.6 Å². The quantitative estimate of drug-likeness (QED) is 0.611. The Labute approximate surface area is 112 Å². The second-order valence-electron chi connectivity index (χ2n) is 3.92. The van der Waals surface area contributed by atoms with Gasteiger partial charge in [-0.1, -0.05) is 0 Å². The van der Waals surface area contributed by atoms with Crippen molar-refractivity contribution in [3.05, 3.63) is 18.0 Å². The highest BCUT2D eigenvalue weighted by Crippen LogP contribution is 1.96. The number of rotatable bonds is 6. The Hall–Kier alpha value is -1.50. The van der Waals surface area contributed by atoms with Crippen LogP contribution >= 0.6 is 12.6 Å². The first-order chi connectivity index (χ1) is 8.54. The summed E-state index contributed by atoms with van der Waals surface area (Å²) in [6, 6.07) is 1.31. The summed E-state index contributed by atoms with van der Waals surface area (Å²) < 4.78 is 1.76. The van der Waals surface area contributed by atoms with Gasteiger partial charge in [0.1, 0.15) is 6.04 Å². The van der Waals surface area contributed by atoms with Gasteiger partial charge >= 0.3 is 0 Å². The van der Waals surface area contributed by atoms with E-state index < -0.39 is 6.04 Å². The molecular weight excluding hydrogens is 252 g/mol. The second kappa shape index (κ2) is 7.05. The zero-order valence-corrected chi connectivity index (χ0v) is 11.4. The summed E-state index contributed by atoms with van der Waals surface area (Å²) in [4.78, 5) is 22.6. The number of amides is 2. The van der Waals surface area contributed by atoms with Crippen molar-refractivity contribution in [3.8, 4) is 0 Å². The van der Waals surface area contributed by atoms with E-state index >= 15 is 0 Å². The molecular formula is C11H18N4O2S. The molecule has 0 radical (unpaired) electrons. The van der Waals surface area contributed by atoms with Crippen molar-refractivity contribution < 1.29 is 9.59 Å². The molecule has 2 amide bonds. The highest BCUT2D eigenvalue weighted by Gasteiger charge is 2.16. The van der Waals surface area contributed by atoms with Gasteiger partial charge in [0.2, 0.25) is 11.8 Å². The highest BCUT2D eigenvalue weighted by atomic mass is 32.1. The van der Waals surface area contributed by atoms with Crippen molar-refractivity contribution in [1.29, 1.82) is 0 Å². The molecule has 100 valence electrons. The molecule has 18 heavy (non-hydrogen) atoms. The van der Waals surface area contributed by atoms with Crippen LogP contribution in [0.5, 0.6) is 0 Å². The molecule has 1 unspecified atom stereocenters. The van der Waals surface area contributed by atoms with Crippen molar-refractivity contribution in [2.24, 2.45) is 7.05 Å². The van der Waals surface area contributed by atoms with E-state index in [1.165, 1.54) is 6.92 Å². The smallest absolute Gasteiger partial charge is 0.243 e. The summed E-state index contributed by atoms with van der Waals surface area (Å²) in [5.74, 6) is -0.185. The number of carbonyl (C=O) groups is 2. The van der Waals surface area contributed by atoms with Gasteiger partial charge in [-0.2, -0.15) is 17.7 Å². The number of nitrogens with zero attached hydrogens (tertiary/aromatic N) is 2. The van der Waals surface area contributed by atoms with Crippen LogP contribution in [-0.4, -0.2) is 39.9 Å². The zero-order chi connectivity index (χ0) is 13.5. The lowest BCUT2D eigenvalue weighted by atomic mass is 10.2. The number of nitrogens with one attached hydrogen (secondary N) is 2. The third-order valence-corrected chi connectivity index (χ3v) is 2.84. The van der Waals surface area contributed by atoms with E-state index in [4.69, 9.17) is 0 Å². The summed E-state index contributed by atoms with van der Waals surface area (Å²) in [5.41, 5.74) is 1.04. The van der Waals surface area contributed by atoms with Gasteiger partial charge in [0.25, 0.3) is 0 Å². The molecule has 0 fully saturated rings. The molecule has 0 saturated carbocycles. The number of aromatic nitrogens is 2. The molecule has 2 N–H and O–H groups in total. The topological polar surface area (TPSA) is 76.0 Å². The normalized spacial score (nSPS) is 11.9. The summed E-state index contributed by atoms with van der Waals surface area (Å²) >= 11 is 4.04. The average molecular weight is 270 g/mol. The van der Waals surface area contributed by atoms with Crippen molar-refractivity contribution in [2.75, 3.05) is 12.3 Å². The minimum Gasteiger partial charge on any atom is -0.354 e. The number of hydrogen-bond donors (Lipinski definition) is 3.